The number of rotatable bonds is 4. The molecule has 0 spiro atoms. The highest BCUT2D eigenvalue weighted by Gasteiger charge is 2.17. The van der Waals surface area contributed by atoms with Crippen LogP contribution in [0.15, 0.2) is 41.6 Å². The standard InChI is InChI=1S/C19H20ClN5OS/c20-15-7-5-14(6-8-15)16-9-10-17-21-22-19(25(17)23-16)27-13-18(26)24-11-3-1-2-4-12-24/h5-10H,1-4,11-13H2. The summed E-state index contributed by atoms with van der Waals surface area (Å²) in [4.78, 5) is 14.5. The smallest absolute Gasteiger partial charge is 0.233 e. The van der Waals surface area contributed by atoms with E-state index in [0.717, 1.165) is 37.2 Å². The molecule has 2 aromatic heterocycles. The topological polar surface area (TPSA) is 63.4 Å². The molecule has 1 fully saturated rings. The lowest BCUT2D eigenvalue weighted by molar-refractivity contribution is -0.128. The quantitative estimate of drug-likeness (QED) is 0.619. The Morgan fingerprint density at radius 1 is 1.00 bits per heavy atom. The lowest BCUT2D eigenvalue weighted by Crippen LogP contribution is -2.33. The van der Waals surface area contributed by atoms with Gasteiger partial charge in [-0.25, -0.2) is 0 Å². The summed E-state index contributed by atoms with van der Waals surface area (Å²) in [5.41, 5.74) is 2.43. The maximum Gasteiger partial charge on any atom is 0.233 e. The zero-order valence-electron chi connectivity index (χ0n) is 14.8. The zero-order valence-corrected chi connectivity index (χ0v) is 16.4. The molecule has 140 valence electrons. The van der Waals surface area contributed by atoms with Crippen LogP contribution in [0.25, 0.3) is 16.9 Å². The Labute approximate surface area is 166 Å². The van der Waals surface area contributed by atoms with Crippen molar-refractivity contribution < 1.29 is 4.79 Å². The maximum atomic E-state index is 12.5. The molecule has 1 aliphatic heterocycles. The van der Waals surface area contributed by atoms with Crippen LogP contribution in [0.5, 0.6) is 0 Å². The van der Waals surface area contributed by atoms with E-state index in [1.807, 2.05) is 41.3 Å². The van der Waals surface area contributed by atoms with Crippen LogP contribution in [0.3, 0.4) is 0 Å². The van der Waals surface area contributed by atoms with Gasteiger partial charge in [-0.15, -0.1) is 10.2 Å². The van der Waals surface area contributed by atoms with Crippen molar-refractivity contribution >= 4 is 34.9 Å². The molecule has 0 unspecified atom stereocenters. The molecule has 0 saturated carbocycles. The van der Waals surface area contributed by atoms with Crippen LogP contribution in [-0.2, 0) is 4.79 Å². The summed E-state index contributed by atoms with van der Waals surface area (Å²) in [5, 5.41) is 14.3. The molecule has 27 heavy (non-hydrogen) atoms. The third kappa shape index (κ3) is 4.25. The molecule has 3 heterocycles. The average Bonchev–Trinajstić information content (AvgIpc) is 2.89. The SMILES string of the molecule is O=C(CSc1nnc2ccc(-c3ccc(Cl)cc3)nn12)N1CCCCCC1. The fraction of sp³-hybridized carbons (Fsp3) is 0.368. The summed E-state index contributed by atoms with van der Waals surface area (Å²) in [6.45, 7) is 1.72. The van der Waals surface area contributed by atoms with Gasteiger partial charge < -0.3 is 4.90 Å². The van der Waals surface area contributed by atoms with E-state index in [1.165, 1.54) is 24.6 Å². The first-order chi connectivity index (χ1) is 13.2. The van der Waals surface area contributed by atoms with Crippen molar-refractivity contribution in [3.63, 3.8) is 0 Å². The van der Waals surface area contributed by atoms with E-state index >= 15 is 0 Å². The van der Waals surface area contributed by atoms with Gasteiger partial charge in [0.2, 0.25) is 11.1 Å². The molecule has 8 heteroatoms. The van der Waals surface area contributed by atoms with Crippen LogP contribution in [-0.4, -0.2) is 49.5 Å². The van der Waals surface area contributed by atoms with Gasteiger partial charge in [0.25, 0.3) is 0 Å². The summed E-state index contributed by atoms with van der Waals surface area (Å²) in [6, 6.07) is 11.3. The molecule has 0 radical (unpaired) electrons. The fourth-order valence-electron chi connectivity index (χ4n) is 3.17. The van der Waals surface area contributed by atoms with E-state index in [0.29, 0.717) is 21.6 Å². The van der Waals surface area contributed by atoms with Gasteiger partial charge in [-0.1, -0.05) is 48.3 Å². The number of fused-ring (bicyclic) bond motifs is 1. The Bertz CT molecular complexity index is 935. The zero-order chi connectivity index (χ0) is 18.6. The molecular weight excluding hydrogens is 382 g/mol. The minimum absolute atomic E-state index is 0.160. The van der Waals surface area contributed by atoms with Gasteiger partial charge in [0.15, 0.2) is 5.65 Å². The van der Waals surface area contributed by atoms with Crippen molar-refractivity contribution in [2.24, 2.45) is 0 Å². The molecular formula is C19H20ClN5OS. The maximum absolute atomic E-state index is 12.5. The normalized spacial score (nSPS) is 15.1. The molecule has 0 aliphatic carbocycles. The molecule has 0 bridgehead atoms. The second-order valence-electron chi connectivity index (χ2n) is 6.56. The van der Waals surface area contributed by atoms with Gasteiger partial charge in [0.05, 0.1) is 11.4 Å². The third-order valence-electron chi connectivity index (χ3n) is 4.66. The summed E-state index contributed by atoms with van der Waals surface area (Å²) in [5.74, 6) is 0.515. The number of carbonyl (C=O) groups is 1. The molecule has 1 aliphatic rings. The molecule has 0 N–H and O–H groups in total. The Kier molecular flexibility index (Phi) is 5.59. The van der Waals surface area contributed by atoms with Crippen molar-refractivity contribution in [2.75, 3.05) is 18.8 Å². The Balaban J connectivity index is 1.51. The predicted molar refractivity (Wildman–Crippen MR) is 107 cm³/mol. The molecule has 4 rings (SSSR count). The van der Waals surface area contributed by atoms with Gasteiger partial charge in [-0.3, -0.25) is 4.79 Å². The number of halogens is 1. The third-order valence-corrected chi connectivity index (χ3v) is 5.81. The average molecular weight is 402 g/mol. The van der Waals surface area contributed by atoms with Gasteiger partial charge in [-0.05, 0) is 37.1 Å². The highest BCUT2D eigenvalue weighted by Crippen LogP contribution is 2.22. The van der Waals surface area contributed by atoms with E-state index in [1.54, 1.807) is 4.52 Å². The molecule has 0 atom stereocenters. The second-order valence-corrected chi connectivity index (χ2v) is 7.94. The van der Waals surface area contributed by atoms with Crippen molar-refractivity contribution in [1.29, 1.82) is 0 Å². The van der Waals surface area contributed by atoms with Crippen molar-refractivity contribution in [3.05, 3.63) is 41.4 Å². The molecule has 1 aromatic carbocycles. The fourth-order valence-corrected chi connectivity index (χ4v) is 4.09. The highest BCUT2D eigenvalue weighted by molar-refractivity contribution is 7.99. The summed E-state index contributed by atoms with van der Waals surface area (Å²) < 4.78 is 1.70. The van der Waals surface area contributed by atoms with Crippen LogP contribution in [0.1, 0.15) is 25.7 Å². The van der Waals surface area contributed by atoms with E-state index in [-0.39, 0.29) is 5.91 Å². The van der Waals surface area contributed by atoms with Gasteiger partial charge in [-0.2, -0.15) is 9.61 Å². The van der Waals surface area contributed by atoms with Crippen molar-refractivity contribution in [2.45, 2.75) is 30.8 Å². The Hall–Kier alpha value is -2.12. The number of hydrogen-bond acceptors (Lipinski definition) is 5. The van der Waals surface area contributed by atoms with Crippen molar-refractivity contribution in [1.82, 2.24) is 24.7 Å². The number of carbonyl (C=O) groups excluding carboxylic acids is 1. The lowest BCUT2D eigenvalue weighted by Gasteiger charge is -2.19. The number of aromatic nitrogens is 4. The first kappa shape index (κ1) is 18.3. The van der Waals surface area contributed by atoms with Crippen LogP contribution in [0.2, 0.25) is 5.02 Å². The van der Waals surface area contributed by atoms with E-state index in [4.69, 9.17) is 11.6 Å². The number of likely N-dealkylation sites (tertiary alicyclic amines) is 1. The van der Waals surface area contributed by atoms with E-state index in [9.17, 15) is 4.79 Å². The summed E-state index contributed by atoms with van der Waals surface area (Å²) in [6.07, 6.45) is 4.61. The summed E-state index contributed by atoms with van der Waals surface area (Å²) in [7, 11) is 0. The van der Waals surface area contributed by atoms with E-state index in [2.05, 4.69) is 15.3 Å². The van der Waals surface area contributed by atoms with Gasteiger partial charge in [0, 0.05) is 23.7 Å². The minimum atomic E-state index is 0.160. The Morgan fingerprint density at radius 3 is 2.48 bits per heavy atom. The number of amides is 1. The minimum Gasteiger partial charge on any atom is -0.342 e. The highest BCUT2D eigenvalue weighted by atomic mass is 35.5. The number of benzene rings is 1. The molecule has 1 saturated heterocycles. The second kappa shape index (κ2) is 8.27. The van der Waals surface area contributed by atoms with Gasteiger partial charge in [0.1, 0.15) is 0 Å². The van der Waals surface area contributed by atoms with E-state index < -0.39 is 0 Å². The Morgan fingerprint density at radius 2 is 1.74 bits per heavy atom. The van der Waals surface area contributed by atoms with Crippen LogP contribution in [0, 0.1) is 0 Å². The van der Waals surface area contributed by atoms with Gasteiger partial charge >= 0.3 is 0 Å². The lowest BCUT2D eigenvalue weighted by atomic mass is 10.1. The largest absolute Gasteiger partial charge is 0.342 e. The molecule has 6 nitrogen and oxygen atoms in total. The number of hydrogen-bond donors (Lipinski definition) is 0. The van der Waals surface area contributed by atoms with Crippen LogP contribution in [0.4, 0.5) is 0 Å². The monoisotopic (exact) mass is 401 g/mol. The van der Waals surface area contributed by atoms with Crippen LogP contribution < -0.4 is 0 Å². The van der Waals surface area contributed by atoms with Crippen molar-refractivity contribution in [3.8, 4) is 11.3 Å². The first-order valence-corrected chi connectivity index (χ1v) is 10.5. The predicted octanol–water partition coefficient (Wildman–Crippen LogP) is 3.94. The summed E-state index contributed by atoms with van der Waals surface area (Å²) >= 11 is 7.35. The molecule has 3 aromatic rings. The first-order valence-electron chi connectivity index (χ1n) is 9.10. The van der Waals surface area contributed by atoms with Crippen LogP contribution >= 0.6 is 23.4 Å². The number of thioether (sulfide) groups is 1. The molecule has 1 amide bonds. The number of nitrogens with zero attached hydrogens (tertiary/aromatic N) is 5.